The maximum Gasteiger partial charge on any atom is 0.0561 e. The predicted molar refractivity (Wildman–Crippen MR) is 67.4 cm³/mol. The second-order valence-electron chi connectivity index (χ2n) is 4.47. The highest BCUT2D eigenvalue weighted by Crippen LogP contribution is 2.34. The van der Waals surface area contributed by atoms with Crippen molar-refractivity contribution in [1.82, 2.24) is 0 Å². The van der Waals surface area contributed by atoms with E-state index in [4.69, 9.17) is 17.3 Å². The smallest absolute Gasteiger partial charge is 0.0561 e. The summed E-state index contributed by atoms with van der Waals surface area (Å²) in [4.78, 5) is 1.16. The molecule has 1 nitrogen and oxygen atoms in total. The molecule has 3 heteroatoms. The van der Waals surface area contributed by atoms with Crippen LogP contribution in [-0.4, -0.2) is 0 Å². The second kappa shape index (κ2) is 5.33. The summed E-state index contributed by atoms with van der Waals surface area (Å²) in [5.41, 5.74) is 6.14. The van der Waals surface area contributed by atoms with Crippen molar-refractivity contribution in [2.75, 3.05) is 0 Å². The molecule has 0 aliphatic heterocycles. The van der Waals surface area contributed by atoms with Crippen molar-refractivity contribution in [2.24, 2.45) is 11.7 Å². The maximum atomic E-state index is 6.14. The molecule has 1 heterocycles. The molecular weight excluding hydrogens is 226 g/mol. The standard InChI is InChI=1S/C12H18ClNS/c13-10-7-8-15-12(10)11(14)6-5-9-3-1-2-4-9/h7-9,11H,1-6,14H2. The van der Waals surface area contributed by atoms with Crippen molar-refractivity contribution in [3.63, 3.8) is 0 Å². The topological polar surface area (TPSA) is 26.0 Å². The minimum Gasteiger partial charge on any atom is -0.323 e. The van der Waals surface area contributed by atoms with Gasteiger partial charge in [0.15, 0.2) is 0 Å². The Bertz CT molecular complexity index is 304. The van der Waals surface area contributed by atoms with Gasteiger partial charge in [0.1, 0.15) is 0 Å². The lowest BCUT2D eigenvalue weighted by Crippen LogP contribution is -2.10. The maximum absolute atomic E-state index is 6.14. The van der Waals surface area contributed by atoms with E-state index in [-0.39, 0.29) is 6.04 Å². The van der Waals surface area contributed by atoms with Crippen LogP contribution < -0.4 is 5.73 Å². The zero-order chi connectivity index (χ0) is 10.7. The first kappa shape index (κ1) is 11.4. The van der Waals surface area contributed by atoms with Gasteiger partial charge in [-0.2, -0.15) is 0 Å². The molecule has 0 saturated heterocycles. The summed E-state index contributed by atoms with van der Waals surface area (Å²) >= 11 is 7.74. The van der Waals surface area contributed by atoms with Crippen LogP contribution >= 0.6 is 22.9 Å². The minimum absolute atomic E-state index is 0.151. The number of hydrogen-bond acceptors (Lipinski definition) is 2. The van der Waals surface area contributed by atoms with E-state index < -0.39 is 0 Å². The molecule has 1 fully saturated rings. The van der Waals surface area contributed by atoms with Crippen LogP contribution in [0.2, 0.25) is 5.02 Å². The number of rotatable bonds is 4. The zero-order valence-electron chi connectivity index (χ0n) is 8.92. The third-order valence-electron chi connectivity index (χ3n) is 3.34. The molecule has 1 aromatic rings. The Morgan fingerprint density at radius 1 is 1.47 bits per heavy atom. The summed E-state index contributed by atoms with van der Waals surface area (Å²) in [5.74, 6) is 0.926. The molecule has 1 aliphatic rings. The molecule has 0 spiro atoms. The number of thiophene rings is 1. The quantitative estimate of drug-likeness (QED) is 0.835. The molecular formula is C12H18ClNS. The van der Waals surface area contributed by atoms with Gasteiger partial charge in [0.05, 0.1) is 5.02 Å². The van der Waals surface area contributed by atoms with Gasteiger partial charge < -0.3 is 5.73 Å². The van der Waals surface area contributed by atoms with Crippen LogP contribution in [0.5, 0.6) is 0 Å². The van der Waals surface area contributed by atoms with E-state index >= 15 is 0 Å². The minimum atomic E-state index is 0.151. The summed E-state index contributed by atoms with van der Waals surface area (Å²) in [6.45, 7) is 0. The van der Waals surface area contributed by atoms with Crippen LogP contribution in [0.15, 0.2) is 11.4 Å². The van der Waals surface area contributed by atoms with Crippen LogP contribution in [0.3, 0.4) is 0 Å². The largest absolute Gasteiger partial charge is 0.323 e. The molecule has 0 aromatic carbocycles. The third kappa shape index (κ3) is 2.96. The molecule has 1 atom stereocenters. The molecule has 2 N–H and O–H groups in total. The Hall–Kier alpha value is -0.0500. The predicted octanol–water partition coefficient (Wildman–Crippen LogP) is 4.37. The third-order valence-corrected chi connectivity index (χ3v) is 4.83. The molecule has 1 aliphatic carbocycles. The fourth-order valence-electron chi connectivity index (χ4n) is 2.42. The highest BCUT2D eigenvalue weighted by Gasteiger charge is 2.18. The summed E-state index contributed by atoms with van der Waals surface area (Å²) in [5, 5.41) is 2.87. The first-order chi connectivity index (χ1) is 7.27. The monoisotopic (exact) mass is 243 g/mol. The van der Waals surface area contributed by atoms with Crippen molar-refractivity contribution < 1.29 is 0 Å². The van der Waals surface area contributed by atoms with E-state index in [1.165, 1.54) is 32.1 Å². The van der Waals surface area contributed by atoms with E-state index in [2.05, 4.69) is 0 Å². The van der Waals surface area contributed by atoms with Crippen molar-refractivity contribution in [1.29, 1.82) is 0 Å². The van der Waals surface area contributed by atoms with Crippen molar-refractivity contribution in [3.05, 3.63) is 21.3 Å². The molecule has 1 unspecified atom stereocenters. The number of hydrogen-bond donors (Lipinski definition) is 1. The van der Waals surface area contributed by atoms with Crippen LogP contribution in [-0.2, 0) is 0 Å². The lowest BCUT2D eigenvalue weighted by molar-refractivity contribution is 0.456. The fraction of sp³-hybridized carbons (Fsp3) is 0.667. The van der Waals surface area contributed by atoms with Gasteiger partial charge in [-0.1, -0.05) is 37.3 Å². The highest BCUT2D eigenvalue weighted by atomic mass is 35.5. The van der Waals surface area contributed by atoms with Gasteiger partial charge in [0.2, 0.25) is 0 Å². The lowest BCUT2D eigenvalue weighted by atomic mass is 9.98. The SMILES string of the molecule is NC(CCC1CCCC1)c1sccc1Cl. The fourth-order valence-corrected chi connectivity index (χ4v) is 3.65. The average Bonchev–Trinajstić information content (AvgIpc) is 2.84. The van der Waals surface area contributed by atoms with Gasteiger partial charge >= 0.3 is 0 Å². The van der Waals surface area contributed by atoms with Gasteiger partial charge in [0, 0.05) is 10.9 Å². The molecule has 84 valence electrons. The van der Waals surface area contributed by atoms with Crippen LogP contribution in [0.1, 0.15) is 49.4 Å². The molecule has 0 amide bonds. The van der Waals surface area contributed by atoms with Crippen molar-refractivity contribution in [2.45, 2.75) is 44.6 Å². The van der Waals surface area contributed by atoms with E-state index in [0.29, 0.717) is 0 Å². The summed E-state index contributed by atoms with van der Waals surface area (Å²) < 4.78 is 0. The van der Waals surface area contributed by atoms with Crippen molar-refractivity contribution in [3.8, 4) is 0 Å². The van der Waals surface area contributed by atoms with E-state index in [1.807, 2.05) is 11.4 Å². The van der Waals surface area contributed by atoms with Gasteiger partial charge in [-0.25, -0.2) is 0 Å². The van der Waals surface area contributed by atoms with Crippen LogP contribution in [0.25, 0.3) is 0 Å². The lowest BCUT2D eigenvalue weighted by Gasteiger charge is -2.13. The summed E-state index contributed by atoms with van der Waals surface area (Å²) in [7, 11) is 0. The molecule has 1 aromatic heterocycles. The highest BCUT2D eigenvalue weighted by molar-refractivity contribution is 7.10. The Morgan fingerprint density at radius 3 is 2.80 bits per heavy atom. The Labute approximate surface area is 101 Å². The summed E-state index contributed by atoms with van der Waals surface area (Å²) in [6.07, 6.45) is 8.01. The number of halogens is 1. The molecule has 1 saturated carbocycles. The first-order valence-corrected chi connectivity index (χ1v) is 7.01. The van der Waals surface area contributed by atoms with Gasteiger partial charge in [-0.3, -0.25) is 0 Å². The first-order valence-electron chi connectivity index (χ1n) is 5.76. The Kier molecular flexibility index (Phi) is 4.06. The molecule has 0 radical (unpaired) electrons. The van der Waals surface area contributed by atoms with Gasteiger partial charge in [-0.05, 0) is 30.2 Å². The normalized spacial score (nSPS) is 19.6. The van der Waals surface area contributed by atoms with E-state index in [1.54, 1.807) is 11.3 Å². The van der Waals surface area contributed by atoms with E-state index in [0.717, 1.165) is 22.2 Å². The van der Waals surface area contributed by atoms with E-state index in [9.17, 15) is 0 Å². The Morgan fingerprint density at radius 2 is 2.20 bits per heavy atom. The Balaban J connectivity index is 1.81. The number of nitrogens with two attached hydrogens (primary N) is 1. The van der Waals surface area contributed by atoms with Gasteiger partial charge in [-0.15, -0.1) is 11.3 Å². The second-order valence-corrected chi connectivity index (χ2v) is 5.82. The summed E-state index contributed by atoms with van der Waals surface area (Å²) in [6, 6.07) is 2.09. The molecule has 2 rings (SSSR count). The van der Waals surface area contributed by atoms with Crippen LogP contribution in [0, 0.1) is 5.92 Å². The average molecular weight is 244 g/mol. The van der Waals surface area contributed by atoms with Crippen LogP contribution in [0.4, 0.5) is 0 Å². The molecule has 0 bridgehead atoms. The zero-order valence-corrected chi connectivity index (χ0v) is 10.5. The molecule has 15 heavy (non-hydrogen) atoms. The van der Waals surface area contributed by atoms with Crippen molar-refractivity contribution >= 4 is 22.9 Å². The van der Waals surface area contributed by atoms with Gasteiger partial charge in [0.25, 0.3) is 0 Å².